The molecule has 3 aliphatic rings. The van der Waals surface area contributed by atoms with Crippen LogP contribution in [0.15, 0.2) is 9.98 Å². The molecule has 118 valence electrons. The molecule has 0 radical (unpaired) electrons. The third kappa shape index (κ3) is 2.69. The molecule has 3 heterocycles. The molecule has 4 heteroatoms. The van der Waals surface area contributed by atoms with Gasteiger partial charge in [-0.3, -0.25) is 9.98 Å². The molecule has 0 saturated carbocycles. The summed E-state index contributed by atoms with van der Waals surface area (Å²) in [6.07, 6.45) is 0. The molecule has 0 amide bonds. The van der Waals surface area contributed by atoms with E-state index < -0.39 is 0 Å². The van der Waals surface area contributed by atoms with E-state index in [9.17, 15) is 0 Å². The van der Waals surface area contributed by atoms with Crippen molar-refractivity contribution in [1.29, 1.82) is 0 Å². The van der Waals surface area contributed by atoms with Gasteiger partial charge in [-0.05, 0) is 17.3 Å². The second-order valence-corrected chi connectivity index (χ2v) is 8.45. The third-order valence-corrected chi connectivity index (χ3v) is 4.97. The predicted octanol–water partition coefficient (Wildman–Crippen LogP) is 2.50. The minimum atomic E-state index is 0.287. The lowest BCUT2D eigenvalue weighted by molar-refractivity contribution is 0.209. The molecular formula is C17H30N4. The summed E-state index contributed by atoms with van der Waals surface area (Å²) in [6.45, 7) is 18.2. The van der Waals surface area contributed by atoms with E-state index in [-0.39, 0.29) is 5.41 Å². The quantitative estimate of drug-likeness (QED) is 0.782. The van der Waals surface area contributed by atoms with Crippen LogP contribution < -0.4 is 0 Å². The summed E-state index contributed by atoms with van der Waals surface area (Å²) < 4.78 is 0. The van der Waals surface area contributed by atoms with Gasteiger partial charge >= 0.3 is 0 Å². The van der Waals surface area contributed by atoms with Gasteiger partial charge in [-0.2, -0.15) is 0 Å². The van der Waals surface area contributed by atoms with Gasteiger partial charge in [-0.15, -0.1) is 0 Å². The predicted molar refractivity (Wildman–Crippen MR) is 89.0 cm³/mol. The Hall–Kier alpha value is -1.06. The third-order valence-electron chi connectivity index (χ3n) is 4.97. The molecule has 0 aromatic carbocycles. The number of nitrogens with zero attached hydrogens (tertiary/aromatic N) is 4. The Balaban J connectivity index is 1.96. The number of rotatable bonds is 2. The van der Waals surface area contributed by atoms with E-state index in [1.165, 1.54) is 11.7 Å². The van der Waals surface area contributed by atoms with Crippen molar-refractivity contribution in [3.8, 4) is 0 Å². The highest BCUT2D eigenvalue weighted by atomic mass is 15.4. The van der Waals surface area contributed by atoms with Gasteiger partial charge in [0.15, 0.2) is 11.7 Å². The molecule has 0 aromatic heterocycles. The summed E-state index contributed by atoms with van der Waals surface area (Å²) in [5.74, 6) is 3.54. The average Bonchev–Trinajstić information content (AvgIpc) is 2.90. The molecule has 0 N–H and O–H groups in total. The van der Waals surface area contributed by atoms with Gasteiger partial charge < -0.3 is 9.80 Å². The highest BCUT2D eigenvalue weighted by molar-refractivity contribution is 6.41. The van der Waals surface area contributed by atoms with Crippen LogP contribution in [0.2, 0.25) is 0 Å². The van der Waals surface area contributed by atoms with Crippen molar-refractivity contribution in [2.75, 3.05) is 26.2 Å². The second kappa shape index (κ2) is 4.99. The molecule has 21 heavy (non-hydrogen) atoms. The highest BCUT2D eigenvalue weighted by Crippen LogP contribution is 2.31. The normalized spacial score (nSPS) is 31.2. The molecule has 0 bridgehead atoms. The van der Waals surface area contributed by atoms with Crippen LogP contribution in [-0.4, -0.2) is 59.7 Å². The molecule has 3 aliphatic heterocycles. The van der Waals surface area contributed by atoms with E-state index in [0.29, 0.717) is 23.9 Å². The topological polar surface area (TPSA) is 31.2 Å². The van der Waals surface area contributed by atoms with Crippen molar-refractivity contribution in [2.45, 2.75) is 53.6 Å². The van der Waals surface area contributed by atoms with Gasteiger partial charge in [0, 0.05) is 26.2 Å². The molecule has 3 rings (SSSR count). The van der Waals surface area contributed by atoms with E-state index in [2.05, 4.69) is 51.3 Å². The molecule has 2 atom stereocenters. The Bertz CT molecular complexity index is 433. The Morgan fingerprint density at radius 1 is 0.857 bits per heavy atom. The van der Waals surface area contributed by atoms with Gasteiger partial charge in [-0.25, -0.2) is 0 Å². The van der Waals surface area contributed by atoms with Gasteiger partial charge in [0.1, 0.15) is 0 Å². The Morgan fingerprint density at radius 2 is 1.24 bits per heavy atom. The Morgan fingerprint density at radius 3 is 1.57 bits per heavy atom. The fraction of sp³-hybridized carbons (Fsp3) is 0.882. The molecule has 0 aliphatic carbocycles. The van der Waals surface area contributed by atoms with Gasteiger partial charge in [-0.1, -0.05) is 41.5 Å². The molecule has 4 nitrogen and oxygen atoms in total. The van der Waals surface area contributed by atoms with Crippen LogP contribution in [0.4, 0.5) is 0 Å². The first-order valence-electron chi connectivity index (χ1n) is 8.43. The van der Waals surface area contributed by atoms with Gasteiger partial charge in [0.05, 0.1) is 12.1 Å². The number of hydrogen-bond acceptors (Lipinski definition) is 4. The molecular weight excluding hydrogens is 260 g/mol. The van der Waals surface area contributed by atoms with E-state index >= 15 is 0 Å². The van der Waals surface area contributed by atoms with Crippen molar-refractivity contribution < 1.29 is 0 Å². The lowest BCUT2D eigenvalue weighted by Crippen LogP contribution is -2.39. The van der Waals surface area contributed by atoms with Crippen LogP contribution in [0, 0.1) is 17.3 Å². The van der Waals surface area contributed by atoms with Crippen molar-refractivity contribution in [1.82, 2.24) is 9.80 Å². The first kappa shape index (κ1) is 14.9. The monoisotopic (exact) mass is 290 g/mol. The minimum Gasteiger partial charge on any atom is -0.351 e. The van der Waals surface area contributed by atoms with Crippen LogP contribution in [-0.2, 0) is 0 Å². The Labute approximate surface area is 129 Å². The van der Waals surface area contributed by atoms with Crippen LogP contribution in [0.5, 0.6) is 0 Å². The number of fused-ring (bicyclic) bond motifs is 3. The highest BCUT2D eigenvalue weighted by Gasteiger charge is 2.43. The largest absolute Gasteiger partial charge is 0.351 e. The number of aliphatic imine (C=N–C) groups is 2. The zero-order chi connectivity index (χ0) is 15.4. The standard InChI is InChI=1S/C17H30N4/c1-11(2)13-7-20-9-17(5,6)10-21-8-14(12(3)4)19-16(21)15(20)18-13/h11-14H,7-10H2,1-6H3/t13-,14-/m0/s1. The molecule has 1 fully saturated rings. The van der Waals surface area contributed by atoms with Crippen molar-refractivity contribution in [3.05, 3.63) is 0 Å². The summed E-state index contributed by atoms with van der Waals surface area (Å²) >= 11 is 0. The smallest absolute Gasteiger partial charge is 0.167 e. The van der Waals surface area contributed by atoms with Crippen molar-refractivity contribution in [3.63, 3.8) is 0 Å². The average molecular weight is 290 g/mol. The number of amidine groups is 2. The molecule has 0 unspecified atom stereocenters. The SMILES string of the molecule is CC(C)[C@@H]1CN2CC(C)(C)CN3C[C@@H](C(C)C)N=C3C2=N1. The fourth-order valence-electron chi connectivity index (χ4n) is 3.66. The zero-order valence-electron chi connectivity index (χ0n) is 14.4. The van der Waals surface area contributed by atoms with Crippen LogP contribution >= 0.6 is 0 Å². The maximum atomic E-state index is 5.04. The second-order valence-electron chi connectivity index (χ2n) is 8.45. The molecule has 0 spiro atoms. The lowest BCUT2D eigenvalue weighted by atomic mass is 9.92. The zero-order valence-corrected chi connectivity index (χ0v) is 14.4. The van der Waals surface area contributed by atoms with E-state index in [0.717, 1.165) is 26.2 Å². The summed E-state index contributed by atoms with van der Waals surface area (Å²) in [4.78, 5) is 15.1. The minimum absolute atomic E-state index is 0.287. The first-order valence-corrected chi connectivity index (χ1v) is 8.43. The Kier molecular flexibility index (Phi) is 3.53. The maximum absolute atomic E-state index is 5.04. The maximum Gasteiger partial charge on any atom is 0.167 e. The summed E-state index contributed by atoms with van der Waals surface area (Å²) in [6, 6.07) is 0.855. The summed E-state index contributed by atoms with van der Waals surface area (Å²) in [5.41, 5.74) is 0.287. The fourth-order valence-corrected chi connectivity index (χ4v) is 3.66. The van der Waals surface area contributed by atoms with Crippen molar-refractivity contribution >= 4 is 11.7 Å². The lowest BCUT2D eigenvalue weighted by Gasteiger charge is -2.31. The van der Waals surface area contributed by atoms with Crippen LogP contribution in [0.25, 0.3) is 0 Å². The molecule has 1 saturated heterocycles. The first-order chi connectivity index (χ1) is 9.77. The summed E-state index contributed by atoms with van der Waals surface area (Å²) in [5, 5.41) is 0. The van der Waals surface area contributed by atoms with E-state index in [1.54, 1.807) is 0 Å². The molecule has 0 aromatic rings. The van der Waals surface area contributed by atoms with Gasteiger partial charge in [0.2, 0.25) is 0 Å². The summed E-state index contributed by atoms with van der Waals surface area (Å²) in [7, 11) is 0. The van der Waals surface area contributed by atoms with Gasteiger partial charge in [0.25, 0.3) is 0 Å². The van der Waals surface area contributed by atoms with Crippen LogP contribution in [0.1, 0.15) is 41.5 Å². The number of hydrogen-bond donors (Lipinski definition) is 0. The van der Waals surface area contributed by atoms with E-state index in [1.807, 2.05) is 0 Å². The van der Waals surface area contributed by atoms with Crippen molar-refractivity contribution in [2.24, 2.45) is 27.2 Å². The van der Waals surface area contributed by atoms with E-state index in [4.69, 9.17) is 9.98 Å². The van der Waals surface area contributed by atoms with Crippen LogP contribution in [0.3, 0.4) is 0 Å².